The van der Waals surface area contributed by atoms with Crippen LogP contribution in [0.3, 0.4) is 0 Å². The summed E-state index contributed by atoms with van der Waals surface area (Å²) in [6.45, 7) is 0. The molecule has 0 radical (unpaired) electrons. The van der Waals surface area contributed by atoms with Gasteiger partial charge in [0.05, 0.1) is 0 Å². The molecule has 0 aliphatic heterocycles. The molecular weight excluding hydrogens is 297 g/mol. The number of urea groups is 1. The first-order chi connectivity index (χ1) is 7.69. The molecule has 17 heavy (non-hydrogen) atoms. The van der Waals surface area contributed by atoms with E-state index in [0.717, 1.165) is 7.05 Å². The Hall–Kier alpha value is -1.23. The molecule has 2 amide bonds. The quantitative estimate of drug-likeness (QED) is 0.743. The van der Waals surface area contributed by atoms with Crippen LogP contribution in [0.4, 0.5) is 10.7 Å². The minimum Gasteiger partial charge on any atom is -0.269 e. The Labute approximate surface area is 106 Å². The smallest absolute Gasteiger partial charge is 0.269 e. The fourth-order valence-electron chi connectivity index (χ4n) is 0.736. The van der Waals surface area contributed by atoms with Crippen LogP contribution in [0.25, 0.3) is 0 Å². The number of halogens is 2. The fourth-order valence-corrected chi connectivity index (χ4v) is 1.45. The zero-order chi connectivity index (χ0) is 13.2. The molecule has 94 valence electrons. The van der Waals surface area contributed by atoms with Gasteiger partial charge in [0, 0.05) is 7.05 Å². The van der Waals surface area contributed by atoms with Crippen LogP contribution in [0, 0.1) is 0 Å². The SMILES string of the molecule is CN(C(=O)NS(=O)(=O)O)c1nc(Cl)nc(Cl)n1. The van der Waals surface area contributed by atoms with E-state index in [-0.39, 0.29) is 16.5 Å². The highest BCUT2D eigenvalue weighted by Crippen LogP contribution is 2.12. The number of amides is 2. The molecule has 1 rings (SSSR count). The maximum absolute atomic E-state index is 11.3. The third kappa shape index (κ3) is 4.26. The van der Waals surface area contributed by atoms with Gasteiger partial charge in [0.2, 0.25) is 16.5 Å². The number of carbonyl (C=O) groups is 1. The number of hydrogen-bond acceptors (Lipinski definition) is 6. The van der Waals surface area contributed by atoms with Crippen LogP contribution >= 0.6 is 23.2 Å². The predicted molar refractivity (Wildman–Crippen MR) is 58.3 cm³/mol. The van der Waals surface area contributed by atoms with Crippen molar-refractivity contribution >= 4 is 45.5 Å². The molecule has 0 fully saturated rings. The minimum absolute atomic E-state index is 0.272. The largest absolute Gasteiger partial charge is 0.361 e. The van der Waals surface area contributed by atoms with E-state index >= 15 is 0 Å². The predicted octanol–water partition coefficient (Wildman–Crippen LogP) is 0.127. The lowest BCUT2D eigenvalue weighted by Crippen LogP contribution is -2.41. The normalized spacial score (nSPS) is 11.1. The van der Waals surface area contributed by atoms with E-state index < -0.39 is 16.3 Å². The van der Waals surface area contributed by atoms with E-state index in [2.05, 4.69) is 15.0 Å². The topological polar surface area (TPSA) is 125 Å². The van der Waals surface area contributed by atoms with Crippen molar-refractivity contribution < 1.29 is 17.8 Å². The van der Waals surface area contributed by atoms with Crippen molar-refractivity contribution in [2.75, 3.05) is 11.9 Å². The van der Waals surface area contributed by atoms with Crippen LogP contribution in [0.15, 0.2) is 0 Å². The van der Waals surface area contributed by atoms with Gasteiger partial charge in [0.15, 0.2) is 0 Å². The number of hydrogen-bond donors (Lipinski definition) is 2. The molecule has 0 aliphatic rings. The number of rotatable bonds is 2. The third-order valence-corrected chi connectivity index (χ3v) is 2.16. The summed E-state index contributed by atoms with van der Waals surface area (Å²) in [4.78, 5) is 22.4. The third-order valence-electron chi connectivity index (χ3n) is 1.39. The van der Waals surface area contributed by atoms with Gasteiger partial charge in [0.25, 0.3) is 0 Å². The molecule has 2 N–H and O–H groups in total. The van der Waals surface area contributed by atoms with Gasteiger partial charge in [-0.05, 0) is 23.2 Å². The molecular formula is C5H5Cl2N5O4S. The maximum Gasteiger partial charge on any atom is 0.361 e. The van der Waals surface area contributed by atoms with Gasteiger partial charge in [-0.3, -0.25) is 9.45 Å². The molecule has 0 aliphatic carbocycles. The molecule has 0 bridgehead atoms. The Morgan fingerprint density at radius 2 is 1.76 bits per heavy atom. The molecule has 0 saturated heterocycles. The van der Waals surface area contributed by atoms with Crippen molar-refractivity contribution in [2.45, 2.75) is 0 Å². The Kier molecular flexibility index (Phi) is 4.03. The van der Waals surface area contributed by atoms with E-state index in [1.54, 1.807) is 0 Å². The minimum atomic E-state index is -4.67. The molecule has 0 atom stereocenters. The lowest BCUT2D eigenvalue weighted by molar-refractivity contribution is 0.251. The average Bonchev–Trinajstić information content (AvgIpc) is 2.12. The van der Waals surface area contributed by atoms with Gasteiger partial charge in [-0.25, -0.2) is 9.52 Å². The lowest BCUT2D eigenvalue weighted by Gasteiger charge is -2.14. The average molecular weight is 302 g/mol. The molecule has 0 aromatic carbocycles. The number of nitrogens with one attached hydrogen (secondary N) is 1. The molecule has 12 heteroatoms. The van der Waals surface area contributed by atoms with E-state index in [1.807, 2.05) is 0 Å². The van der Waals surface area contributed by atoms with Crippen molar-refractivity contribution in [1.82, 2.24) is 19.7 Å². The zero-order valence-corrected chi connectivity index (χ0v) is 10.5. The number of aromatic nitrogens is 3. The van der Waals surface area contributed by atoms with Crippen molar-refractivity contribution in [1.29, 1.82) is 0 Å². The highest BCUT2D eigenvalue weighted by molar-refractivity contribution is 7.84. The van der Waals surface area contributed by atoms with Crippen LogP contribution in [0.1, 0.15) is 0 Å². The molecule has 0 unspecified atom stereocenters. The first kappa shape index (κ1) is 13.8. The van der Waals surface area contributed by atoms with E-state index in [0.29, 0.717) is 4.90 Å². The first-order valence-electron chi connectivity index (χ1n) is 3.79. The highest BCUT2D eigenvalue weighted by atomic mass is 35.5. The van der Waals surface area contributed by atoms with Gasteiger partial charge in [-0.1, -0.05) is 0 Å². The molecule has 0 spiro atoms. The van der Waals surface area contributed by atoms with Gasteiger partial charge in [0.1, 0.15) is 0 Å². The van der Waals surface area contributed by atoms with E-state index in [9.17, 15) is 13.2 Å². The summed E-state index contributed by atoms with van der Waals surface area (Å²) < 4.78 is 30.5. The molecule has 9 nitrogen and oxygen atoms in total. The van der Waals surface area contributed by atoms with E-state index in [1.165, 1.54) is 4.72 Å². The van der Waals surface area contributed by atoms with Crippen molar-refractivity contribution in [3.05, 3.63) is 10.6 Å². The zero-order valence-electron chi connectivity index (χ0n) is 8.12. The summed E-state index contributed by atoms with van der Waals surface area (Å²) >= 11 is 10.9. The second-order valence-corrected chi connectivity index (χ2v) is 4.45. The van der Waals surface area contributed by atoms with Crippen LogP contribution in [-0.2, 0) is 10.3 Å². The van der Waals surface area contributed by atoms with Crippen LogP contribution in [0.2, 0.25) is 10.6 Å². The summed E-state index contributed by atoms with van der Waals surface area (Å²) in [6, 6.07) is -1.19. The van der Waals surface area contributed by atoms with Gasteiger partial charge < -0.3 is 0 Å². The Bertz CT molecular complexity index is 529. The monoisotopic (exact) mass is 301 g/mol. The molecule has 1 aromatic rings. The number of anilines is 1. The summed E-state index contributed by atoms with van der Waals surface area (Å²) in [5, 5.41) is -0.544. The summed E-state index contributed by atoms with van der Waals surface area (Å²) in [6.07, 6.45) is 0. The van der Waals surface area contributed by atoms with Crippen LogP contribution in [0.5, 0.6) is 0 Å². The van der Waals surface area contributed by atoms with Crippen LogP contribution < -0.4 is 9.62 Å². The number of nitrogens with zero attached hydrogens (tertiary/aromatic N) is 4. The lowest BCUT2D eigenvalue weighted by atomic mass is 10.7. The van der Waals surface area contributed by atoms with Gasteiger partial charge >= 0.3 is 16.3 Å². The Morgan fingerprint density at radius 3 is 2.18 bits per heavy atom. The molecule has 1 heterocycles. The molecule has 1 aromatic heterocycles. The number of carbonyl (C=O) groups excluding carboxylic acids is 1. The second-order valence-electron chi connectivity index (χ2n) is 2.61. The van der Waals surface area contributed by atoms with Crippen LogP contribution in [-0.4, -0.2) is 41.0 Å². The Balaban J connectivity index is 2.96. The van der Waals surface area contributed by atoms with Crippen molar-refractivity contribution in [2.24, 2.45) is 0 Å². The Morgan fingerprint density at radius 1 is 1.29 bits per heavy atom. The first-order valence-corrected chi connectivity index (χ1v) is 5.98. The second kappa shape index (κ2) is 4.96. The van der Waals surface area contributed by atoms with E-state index in [4.69, 9.17) is 27.8 Å². The van der Waals surface area contributed by atoms with Crippen molar-refractivity contribution in [3.8, 4) is 0 Å². The standard InChI is InChI=1S/C5H5Cl2N5O4S/c1-12(5(13)11-17(14,15)16)4-9-2(6)8-3(7)10-4/h1H3,(H,11,13)(H,14,15,16). The summed E-state index contributed by atoms with van der Waals surface area (Å²) in [7, 11) is -3.53. The van der Waals surface area contributed by atoms with Crippen molar-refractivity contribution in [3.63, 3.8) is 0 Å². The summed E-state index contributed by atoms with van der Waals surface area (Å²) in [5.74, 6) is -0.281. The molecule has 0 saturated carbocycles. The highest BCUT2D eigenvalue weighted by Gasteiger charge is 2.19. The fraction of sp³-hybridized carbons (Fsp3) is 0.200. The van der Waals surface area contributed by atoms with Gasteiger partial charge in [-0.15, -0.1) is 0 Å². The summed E-state index contributed by atoms with van der Waals surface area (Å²) in [5.41, 5.74) is 0. The van der Waals surface area contributed by atoms with Gasteiger partial charge in [-0.2, -0.15) is 23.4 Å². The maximum atomic E-state index is 11.3.